The van der Waals surface area contributed by atoms with Crippen molar-refractivity contribution >= 4 is 11.8 Å². The quantitative estimate of drug-likeness (QED) is 0.850. The normalized spacial score (nSPS) is 10.2. The molecule has 126 valence electrons. The van der Waals surface area contributed by atoms with Crippen molar-refractivity contribution in [1.82, 2.24) is 15.2 Å². The minimum atomic E-state index is -0.0750. The fourth-order valence-electron chi connectivity index (χ4n) is 2.29. The van der Waals surface area contributed by atoms with Gasteiger partial charge in [0.05, 0.1) is 0 Å². The summed E-state index contributed by atoms with van der Waals surface area (Å²) in [6, 6.07) is 11.8. The van der Waals surface area contributed by atoms with Crippen LogP contribution in [-0.4, -0.2) is 28.2 Å². The van der Waals surface area contributed by atoms with Gasteiger partial charge in [0.1, 0.15) is 0 Å². The minimum absolute atomic E-state index is 0.0318. The van der Waals surface area contributed by atoms with Gasteiger partial charge in [0.2, 0.25) is 11.8 Å². The number of nitrogens with zero attached hydrogens (tertiary/aromatic N) is 2. The molecule has 0 spiro atoms. The van der Waals surface area contributed by atoms with Crippen LogP contribution in [0.5, 0.6) is 0 Å². The number of benzene rings is 1. The number of hydrogen-bond acceptors (Lipinski definition) is 3. The number of rotatable bonds is 7. The van der Waals surface area contributed by atoms with Gasteiger partial charge in [-0.2, -0.15) is 0 Å². The third-order valence-electron chi connectivity index (χ3n) is 3.76. The summed E-state index contributed by atoms with van der Waals surface area (Å²) in [5.74, 6) is -0.107. The van der Waals surface area contributed by atoms with Crippen LogP contribution in [0.4, 0.5) is 0 Å². The number of aromatic nitrogens is 1. The van der Waals surface area contributed by atoms with Gasteiger partial charge in [-0.05, 0) is 24.1 Å². The summed E-state index contributed by atoms with van der Waals surface area (Å²) in [7, 11) is 0. The lowest BCUT2D eigenvalue weighted by Gasteiger charge is -2.21. The second-order valence-corrected chi connectivity index (χ2v) is 5.81. The van der Waals surface area contributed by atoms with E-state index >= 15 is 0 Å². The van der Waals surface area contributed by atoms with E-state index in [4.69, 9.17) is 0 Å². The van der Waals surface area contributed by atoms with Crippen molar-refractivity contribution in [2.75, 3.05) is 6.54 Å². The maximum atomic E-state index is 12.0. The van der Waals surface area contributed by atoms with Crippen molar-refractivity contribution in [2.24, 2.45) is 0 Å². The monoisotopic (exact) mass is 325 g/mol. The zero-order chi connectivity index (χ0) is 17.4. The largest absolute Gasteiger partial charge is 0.352 e. The zero-order valence-electron chi connectivity index (χ0n) is 14.2. The van der Waals surface area contributed by atoms with Gasteiger partial charge >= 0.3 is 0 Å². The first kappa shape index (κ1) is 17.7. The maximum absolute atomic E-state index is 12.0. The van der Waals surface area contributed by atoms with Crippen LogP contribution < -0.4 is 5.32 Å². The van der Waals surface area contributed by atoms with Gasteiger partial charge in [0.25, 0.3) is 0 Å². The van der Waals surface area contributed by atoms with E-state index in [2.05, 4.69) is 10.3 Å². The van der Waals surface area contributed by atoms with Crippen molar-refractivity contribution in [3.8, 4) is 0 Å². The molecule has 5 heteroatoms. The summed E-state index contributed by atoms with van der Waals surface area (Å²) in [5, 5.41) is 2.85. The zero-order valence-corrected chi connectivity index (χ0v) is 14.2. The Hall–Kier alpha value is -2.69. The van der Waals surface area contributed by atoms with Crippen molar-refractivity contribution in [3.05, 3.63) is 65.5 Å². The Morgan fingerprint density at radius 3 is 2.50 bits per heavy atom. The molecule has 2 rings (SSSR count). The number of carbonyl (C=O) groups excluding carboxylic acids is 2. The molecular formula is C19H23N3O2. The predicted octanol–water partition coefficient (Wildman–Crippen LogP) is 2.45. The van der Waals surface area contributed by atoms with E-state index in [0.29, 0.717) is 19.6 Å². The molecule has 5 nitrogen and oxygen atoms in total. The highest BCUT2D eigenvalue weighted by Crippen LogP contribution is 2.08. The highest BCUT2D eigenvalue weighted by atomic mass is 16.2. The first-order chi connectivity index (χ1) is 11.5. The van der Waals surface area contributed by atoms with Crippen molar-refractivity contribution in [2.45, 2.75) is 33.4 Å². The Bertz CT molecular complexity index is 669. The van der Waals surface area contributed by atoms with E-state index < -0.39 is 0 Å². The molecule has 1 aromatic carbocycles. The van der Waals surface area contributed by atoms with Crippen LogP contribution in [-0.2, 0) is 22.7 Å². The topological polar surface area (TPSA) is 62.3 Å². The van der Waals surface area contributed by atoms with Crippen LogP contribution >= 0.6 is 0 Å². The molecule has 0 atom stereocenters. The molecule has 1 aromatic heterocycles. The van der Waals surface area contributed by atoms with Crippen LogP contribution in [0.1, 0.15) is 30.0 Å². The maximum Gasteiger partial charge on any atom is 0.222 e. The molecule has 0 saturated carbocycles. The van der Waals surface area contributed by atoms with Gasteiger partial charge in [-0.3, -0.25) is 14.6 Å². The lowest BCUT2D eigenvalue weighted by molar-refractivity contribution is -0.130. The predicted molar refractivity (Wildman–Crippen MR) is 93.0 cm³/mol. The Morgan fingerprint density at radius 1 is 1.12 bits per heavy atom. The number of amides is 2. The number of nitrogens with one attached hydrogen (secondary N) is 1. The van der Waals surface area contributed by atoms with E-state index in [1.807, 2.05) is 43.3 Å². The van der Waals surface area contributed by atoms with Gasteiger partial charge in [0, 0.05) is 45.4 Å². The average Bonchev–Trinajstić information content (AvgIpc) is 2.59. The van der Waals surface area contributed by atoms with Gasteiger partial charge in [-0.15, -0.1) is 0 Å². The van der Waals surface area contributed by atoms with E-state index in [1.165, 1.54) is 12.5 Å². The SMILES string of the molecule is CC(=O)N(CCC(=O)NCc1cccnc1)Cc1ccc(C)cc1. The molecular weight excluding hydrogens is 302 g/mol. The molecule has 0 unspecified atom stereocenters. The summed E-state index contributed by atoms with van der Waals surface area (Å²) < 4.78 is 0. The fourth-order valence-corrected chi connectivity index (χ4v) is 2.29. The molecule has 1 N–H and O–H groups in total. The van der Waals surface area contributed by atoms with Gasteiger partial charge in [-0.25, -0.2) is 0 Å². The van der Waals surface area contributed by atoms with Crippen LogP contribution in [0.15, 0.2) is 48.8 Å². The molecule has 0 radical (unpaired) electrons. The number of aryl methyl sites for hydroxylation is 1. The summed E-state index contributed by atoms with van der Waals surface area (Å²) in [6.07, 6.45) is 3.70. The van der Waals surface area contributed by atoms with Crippen molar-refractivity contribution in [1.29, 1.82) is 0 Å². The second kappa shape index (κ2) is 8.82. The van der Waals surface area contributed by atoms with Crippen molar-refractivity contribution in [3.63, 3.8) is 0 Å². The number of carbonyl (C=O) groups is 2. The third-order valence-corrected chi connectivity index (χ3v) is 3.76. The van der Waals surface area contributed by atoms with Gasteiger partial charge in [0.15, 0.2) is 0 Å². The summed E-state index contributed by atoms with van der Waals surface area (Å²) in [6.45, 7) is 4.93. The Morgan fingerprint density at radius 2 is 1.88 bits per heavy atom. The standard InChI is InChI=1S/C19H23N3O2/c1-15-5-7-17(8-6-15)14-22(16(2)23)11-9-19(24)21-13-18-4-3-10-20-12-18/h3-8,10,12H,9,11,13-14H2,1-2H3,(H,21,24). The molecule has 0 aliphatic rings. The molecule has 0 aliphatic carbocycles. The van der Waals surface area contributed by atoms with Gasteiger partial charge < -0.3 is 10.2 Å². The molecule has 2 amide bonds. The number of hydrogen-bond donors (Lipinski definition) is 1. The highest BCUT2D eigenvalue weighted by molar-refractivity contribution is 5.78. The molecule has 2 aromatic rings. The lowest BCUT2D eigenvalue weighted by Crippen LogP contribution is -2.33. The third kappa shape index (κ3) is 5.83. The molecule has 0 fully saturated rings. The van der Waals surface area contributed by atoms with Gasteiger partial charge in [-0.1, -0.05) is 35.9 Å². The first-order valence-corrected chi connectivity index (χ1v) is 8.01. The lowest BCUT2D eigenvalue weighted by atomic mass is 10.1. The van der Waals surface area contributed by atoms with E-state index in [1.54, 1.807) is 17.3 Å². The average molecular weight is 325 g/mol. The first-order valence-electron chi connectivity index (χ1n) is 8.01. The van der Waals surface area contributed by atoms with E-state index in [0.717, 1.165) is 11.1 Å². The Labute approximate surface area is 142 Å². The molecule has 0 aliphatic heterocycles. The summed E-state index contributed by atoms with van der Waals surface area (Å²) in [4.78, 5) is 29.5. The van der Waals surface area contributed by atoms with Crippen LogP contribution in [0.25, 0.3) is 0 Å². The Kier molecular flexibility index (Phi) is 6.49. The smallest absolute Gasteiger partial charge is 0.222 e. The molecule has 0 bridgehead atoms. The van der Waals surface area contributed by atoms with Crippen LogP contribution in [0.2, 0.25) is 0 Å². The van der Waals surface area contributed by atoms with E-state index in [9.17, 15) is 9.59 Å². The second-order valence-electron chi connectivity index (χ2n) is 5.81. The minimum Gasteiger partial charge on any atom is -0.352 e. The summed E-state index contributed by atoms with van der Waals surface area (Å²) in [5.41, 5.74) is 3.20. The van der Waals surface area contributed by atoms with Crippen molar-refractivity contribution < 1.29 is 9.59 Å². The Balaban J connectivity index is 1.81. The molecule has 24 heavy (non-hydrogen) atoms. The fraction of sp³-hybridized carbons (Fsp3) is 0.316. The highest BCUT2D eigenvalue weighted by Gasteiger charge is 2.11. The van der Waals surface area contributed by atoms with Crippen LogP contribution in [0, 0.1) is 6.92 Å². The summed E-state index contributed by atoms with van der Waals surface area (Å²) >= 11 is 0. The molecule has 0 saturated heterocycles. The van der Waals surface area contributed by atoms with E-state index in [-0.39, 0.29) is 18.2 Å². The van der Waals surface area contributed by atoms with Crippen LogP contribution in [0.3, 0.4) is 0 Å². The number of pyridine rings is 1. The molecule has 1 heterocycles.